The van der Waals surface area contributed by atoms with Crippen molar-refractivity contribution in [2.75, 3.05) is 6.61 Å². The van der Waals surface area contributed by atoms with Crippen molar-refractivity contribution in [3.8, 4) is 11.4 Å². The first-order valence-corrected chi connectivity index (χ1v) is 6.32. The summed E-state index contributed by atoms with van der Waals surface area (Å²) in [6.45, 7) is 3.28. The maximum atomic E-state index is 6.20. The van der Waals surface area contributed by atoms with E-state index in [1.54, 1.807) is 0 Å². The molecule has 2 aromatic rings. The van der Waals surface area contributed by atoms with Gasteiger partial charge in [-0.15, -0.1) is 0 Å². The molecular weight excluding hydrogens is 248 g/mol. The molecule has 0 bridgehead atoms. The van der Waals surface area contributed by atoms with Gasteiger partial charge in [-0.3, -0.25) is 0 Å². The van der Waals surface area contributed by atoms with Crippen LogP contribution in [0.4, 0.5) is 0 Å². The lowest BCUT2D eigenvalue weighted by Gasteiger charge is -2.17. The molecule has 0 aliphatic carbocycles. The molecular formula is C14H13ClN2O. The quantitative estimate of drug-likeness (QED) is 0.739. The highest BCUT2D eigenvalue weighted by Crippen LogP contribution is 2.25. The van der Waals surface area contributed by atoms with Crippen LogP contribution in [0.15, 0.2) is 24.3 Å². The monoisotopic (exact) mass is 260 g/mol. The lowest BCUT2D eigenvalue weighted by atomic mass is 10.1. The van der Waals surface area contributed by atoms with Gasteiger partial charge < -0.3 is 4.74 Å². The number of fused-ring (bicyclic) bond motifs is 1. The van der Waals surface area contributed by atoms with Gasteiger partial charge in [-0.25, -0.2) is 9.97 Å². The molecule has 3 nitrogen and oxygen atoms in total. The average molecular weight is 261 g/mol. The summed E-state index contributed by atoms with van der Waals surface area (Å²) in [6.07, 6.45) is 0.802. The fourth-order valence-electron chi connectivity index (χ4n) is 2.02. The van der Waals surface area contributed by atoms with Crippen LogP contribution in [0.1, 0.15) is 16.8 Å². The summed E-state index contributed by atoms with van der Waals surface area (Å²) in [4.78, 5) is 8.96. The summed E-state index contributed by atoms with van der Waals surface area (Å²) in [5.41, 5.74) is 4.16. The summed E-state index contributed by atoms with van der Waals surface area (Å²) in [5, 5.41) is 0.510. The Hall–Kier alpha value is -1.45. The molecule has 3 rings (SSSR count). The maximum Gasteiger partial charge on any atom is 0.161 e. The Bertz CT molecular complexity index is 581. The minimum Gasteiger partial charge on any atom is -0.376 e. The van der Waals surface area contributed by atoms with Crippen LogP contribution in [0.25, 0.3) is 11.4 Å². The normalized spacial score (nSPS) is 14.3. The minimum atomic E-state index is 0.510. The molecule has 92 valence electrons. The van der Waals surface area contributed by atoms with Gasteiger partial charge in [-0.05, 0) is 6.92 Å². The Morgan fingerprint density at radius 3 is 2.72 bits per heavy atom. The Labute approximate surface area is 111 Å². The number of hydrogen-bond acceptors (Lipinski definition) is 3. The fourth-order valence-corrected chi connectivity index (χ4v) is 2.27. The maximum absolute atomic E-state index is 6.20. The van der Waals surface area contributed by atoms with Gasteiger partial charge in [-0.2, -0.15) is 0 Å². The van der Waals surface area contributed by atoms with Gasteiger partial charge in [0.1, 0.15) is 5.15 Å². The third-order valence-corrected chi connectivity index (χ3v) is 3.39. The van der Waals surface area contributed by atoms with Gasteiger partial charge >= 0.3 is 0 Å². The van der Waals surface area contributed by atoms with Gasteiger partial charge in [0.25, 0.3) is 0 Å². The second-order valence-electron chi connectivity index (χ2n) is 4.43. The number of ether oxygens (including phenoxy) is 1. The van der Waals surface area contributed by atoms with Crippen molar-refractivity contribution in [3.05, 3.63) is 46.2 Å². The van der Waals surface area contributed by atoms with Gasteiger partial charge in [-0.1, -0.05) is 41.4 Å². The lowest BCUT2D eigenvalue weighted by Crippen LogP contribution is -2.14. The standard InChI is InChI=1S/C14H13ClN2O/c1-9-2-4-10(5-3-9)14-16-12-6-7-18-8-11(12)13(15)17-14/h2-5H,6-8H2,1H3. The molecule has 0 saturated heterocycles. The van der Waals surface area contributed by atoms with Crippen LogP contribution < -0.4 is 0 Å². The second-order valence-corrected chi connectivity index (χ2v) is 4.79. The van der Waals surface area contributed by atoms with E-state index < -0.39 is 0 Å². The number of aryl methyl sites for hydroxylation is 1. The van der Waals surface area contributed by atoms with Crippen LogP contribution in [-0.2, 0) is 17.8 Å². The van der Waals surface area contributed by atoms with E-state index >= 15 is 0 Å². The minimum absolute atomic E-state index is 0.510. The first-order valence-electron chi connectivity index (χ1n) is 5.94. The van der Waals surface area contributed by atoms with Crippen molar-refractivity contribution < 1.29 is 4.74 Å². The van der Waals surface area contributed by atoms with Crippen LogP contribution in [0.2, 0.25) is 5.15 Å². The van der Waals surface area contributed by atoms with E-state index in [-0.39, 0.29) is 0 Å². The first-order chi connectivity index (χ1) is 8.74. The van der Waals surface area contributed by atoms with E-state index in [0.29, 0.717) is 24.2 Å². The van der Waals surface area contributed by atoms with Gasteiger partial charge in [0.05, 0.1) is 18.9 Å². The van der Waals surface area contributed by atoms with Crippen LogP contribution in [-0.4, -0.2) is 16.6 Å². The van der Waals surface area contributed by atoms with Gasteiger partial charge in [0.2, 0.25) is 0 Å². The van der Waals surface area contributed by atoms with Gasteiger partial charge in [0.15, 0.2) is 5.82 Å². The van der Waals surface area contributed by atoms with Crippen LogP contribution in [0, 0.1) is 6.92 Å². The molecule has 4 heteroatoms. The SMILES string of the molecule is Cc1ccc(-c2nc(Cl)c3c(n2)CCOC3)cc1. The highest BCUT2D eigenvalue weighted by Gasteiger charge is 2.17. The van der Waals surface area contributed by atoms with Crippen LogP contribution in [0.5, 0.6) is 0 Å². The van der Waals surface area contributed by atoms with Crippen molar-refractivity contribution in [2.45, 2.75) is 20.0 Å². The molecule has 0 spiro atoms. The fraction of sp³-hybridized carbons (Fsp3) is 0.286. The molecule has 18 heavy (non-hydrogen) atoms. The van der Waals surface area contributed by atoms with E-state index in [1.807, 2.05) is 12.1 Å². The molecule has 1 aliphatic heterocycles. The molecule has 0 saturated carbocycles. The molecule has 0 atom stereocenters. The summed E-state index contributed by atoms with van der Waals surface area (Å²) >= 11 is 6.20. The second kappa shape index (κ2) is 4.67. The highest BCUT2D eigenvalue weighted by molar-refractivity contribution is 6.30. The van der Waals surface area contributed by atoms with Gasteiger partial charge in [0, 0.05) is 17.5 Å². The van der Waals surface area contributed by atoms with Crippen molar-refractivity contribution in [1.29, 1.82) is 0 Å². The molecule has 1 aromatic heterocycles. The Kier molecular flexibility index (Phi) is 3.02. The average Bonchev–Trinajstić information content (AvgIpc) is 2.39. The Balaban J connectivity index is 2.08. The zero-order valence-electron chi connectivity index (χ0n) is 10.1. The van der Waals surface area contributed by atoms with E-state index in [0.717, 1.165) is 23.2 Å². The summed E-state index contributed by atoms with van der Waals surface area (Å²) in [7, 11) is 0. The Morgan fingerprint density at radius 1 is 1.17 bits per heavy atom. The first kappa shape index (κ1) is 11.6. The number of halogens is 1. The summed E-state index contributed by atoms with van der Waals surface area (Å²) in [6, 6.07) is 8.14. The number of benzene rings is 1. The van der Waals surface area contributed by atoms with Crippen LogP contribution >= 0.6 is 11.6 Å². The predicted octanol–water partition coefficient (Wildman–Crippen LogP) is 3.18. The molecule has 1 aromatic carbocycles. The predicted molar refractivity (Wildman–Crippen MR) is 70.6 cm³/mol. The molecule has 0 amide bonds. The highest BCUT2D eigenvalue weighted by atomic mass is 35.5. The van der Waals surface area contributed by atoms with Crippen molar-refractivity contribution in [2.24, 2.45) is 0 Å². The molecule has 0 N–H and O–H groups in total. The smallest absolute Gasteiger partial charge is 0.161 e. The van der Waals surface area contributed by atoms with Crippen LogP contribution in [0.3, 0.4) is 0 Å². The Morgan fingerprint density at radius 2 is 1.94 bits per heavy atom. The lowest BCUT2D eigenvalue weighted by molar-refractivity contribution is 0.109. The molecule has 1 aliphatic rings. The van der Waals surface area contributed by atoms with E-state index in [9.17, 15) is 0 Å². The zero-order valence-corrected chi connectivity index (χ0v) is 10.9. The number of aromatic nitrogens is 2. The molecule has 0 radical (unpaired) electrons. The van der Waals surface area contributed by atoms with Crippen molar-refractivity contribution in [3.63, 3.8) is 0 Å². The molecule has 0 unspecified atom stereocenters. The summed E-state index contributed by atoms with van der Waals surface area (Å²) < 4.78 is 5.37. The largest absolute Gasteiger partial charge is 0.376 e. The summed E-state index contributed by atoms with van der Waals surface area (Å²) in [5.74, 6) is 0.695. The third kappa shape index (κ3) is 2.11. The van der Waals surface area contributed by atoms with E-state index in [4.69, 9.17) is 16.3 Å². The zero-order chi connectivity index (χ0) is 12.5. The number of nitrogens with zero attached hydrogens (tertiary/aromatic N) is 2. The van der Waals surface area contributed by atoms with E-state index in [2.05, 4.69) is 29.0 Å². The number of rotatable bonds is 1. The van der Waals surface area contributed by atoms with Crippen molar-refractivity contribution in [1.82, 2.24) is 9.97 Å². The number of hydrogen-bond donors (Lipinski definition) is 0. The third-order valence-electron chi connectivity index (χ3n) is 3.08. The molecule has 0 fully saturated rings. The topological polar surface area (TPSA) is 35.0 Å². The van der Waals surface area contributed by atoms with Crippen molar-refractivity contribution >= 4 is 11.6 Å². The molecule has 2 heterocycles. The van der Waals surface area contributed by atoms with E-state index in [1.165, 1.54) is 5.56 Å².